The summed E-state index contributed by atoms with van der Waals surface area (Å²) in [5.41, 5.74) is 15.0. The number of nitrogens with two attached hydrogens (primary N) is 2. The van der Waals surface area contributed by atoms with Gasteiger partial charge in [-0.25, -0.2) is 15.0 Å². The third-order valence-electron chi connectivity index (χ3n) is 3.55. The van der Waals surface area contributed by atoms with Gasteiger partial charge in [-0.2, -0.15) is 0 Å². The van der Waals surface area contributed by atoms with Crippen molar-refractivity contribution in [2.75, 3.05) is 21.8 Å². The average Bonchev–Trinajstić information content (AvgIpc) is 2.47. The van der Waals surface area contributed by atoms with Crippen molar-refractivity contribution in [2.24, 2.45) is 0 Å². The summed E-state index contributed by atoms with van der Waals surface area (Å²) in [5.74, 6) is 0.397. The van der Waals surface area contributed by atoms with E-state index in [4.69, 9.17) is 11.5 Å². The van der Waals surface area contributed by atoms with Gasteiger partial charge in [-0.3, -0.25) is 5.21 Å². The first-order chi connectivity index (χ1) is 10.1. The van der Waals surface area contributed by atoms with Crippen LogP contribution in [-0.2, 0) is 0 Å². The van der Waals surface area contributed by atoms with Gasteiger partial charge in [0.15, 0.2) is 5.82 Å². The van der Waals surface area contributed by atoms with Crippen molar-refractivity contribution in [3.8, 4) is 0 Å². The van der Waals surface area contributed by atoms with Crippen LogP contribution < -0.4 is 21.8 Å². The van der Waals surface area contributed by atoms with Crippen LogP contribution in [0.25, 0.3) is 10.8 Å². The highest BCUT2D eigenvalue weighted by atomic mass is 16.5. The van der Waals surface area contributed by atoms with Crippen LogP contribution in [0.4, 0.5) is 34.3 Å². The van der Waals surface area contributed by atoms with Gasteiger partial charge in [-0.05, 0) is 24.3 Å². The Morgan fingerprint density at radius 3 is 2.86 bits per heavy atom. The average molecular weight is 280 g/mol. The first kappa shape index (κ1) is 11.7. The fourth-order valence-corrected chi connectivity index (χ4v) is 2.61. The van der Waals surface area contributed by atoms with E-state index < -0.39 is 0 Å². The van der Waals surface area contributed by atoms with Crippen molar-refractivity contribution in [2.45, 2.75) is 0 Å². The highest BCUT2D eigenvalue weighted by molar-refractivity contribution is 6.10. The molecule has 6 N–H and O–H groups in total. The normalized spacial score (nSPS) is 12.7. The van der Waals surface area contributed by atoms with E-state index in [2.05, 4.69) is 15.3 Å². The molecular weight excluding hydrogens is 268 g/mol. The fraction of sp³-hybridized carbons (Fsp3) is 0. The standard InChI is InChI=1S/C14H12N6O/c15-7-3-9-8(10(16)4-7)1-2-12-13(9)19-11-5-17-6-18-14(11)20(12)21/h1-6,19,21H,15-16H2. The zero-order chi connectivity index (χ0) is 14.6. The topological polar surface area (TPSA) is 113 Å². The lowest BCUT2D eigenvalue weighted by molar-refractivity contribution is 0.297. The number of nitrogens with one attached hydrogen (secondary N) is 1. The molecule has 0 atom stereocenters. The lowest BCUT2D eigenvalue weighted by Gasteiger charge is -2.28. The predicted octanol–water partition coefficient (Wildman–Crippen LogP) is 2.38. The zero-order valence-corrected chi connectivity index (χ0v) is 10.9. The van der Waals surface area contributed by atoms with Crippen molar-refractivity contribution in [1.82, 2.24) is 9.97 Å². The molecule has 7 nitrogen and oxygen atoms in total. The summed E-state index contributed by atoms with van der Waals surface area (Å²) in [6.07, 6.45) is 2.98. The second-order valence-corrected chi connectivity index (χ2v) is 4.86. The Morgan fingerprint density at radius 2 is 2.00 bits per heavy atom. The number of anilines is 6. The molecular formula is C14H12N6O. The van der Waals surface area contributed by atoms with E-state index in [1.807, 2.05) is 12.1 Å². The first-order valence-electron chi connectivity index (χ1n) is 6.33. The maximum absolute atomic E-state index is 10.4. The Labute approximate surface area is 119 Å². The Balaban J connectivity index is 2.04. The molecule has 0 saturated heterocycles. The van der Waals surface area contributed by atoms with Gasteiger partial charge < -0.3 is 16.8 Å². The molecule has 21 heavy (non-hydrogen) atoms. The molecule has 0 spiro atoms. The third kappa shape index (κ3) is 1.58. The largest absolute Gasteiger partial charge is 0.399 e. The van der Waals surface area contributed by atoms with Crippen molar-refractivity contribution in [3.05, 3.63) is 36.8 Å². The monoisotopic (exact) mass is 280 g/mol. The van der Waals surface area contributed by atoms with Gasteiger partial charge >= 0.3 is 0 Å². The van der Waals surface area contributed by atoms with Crippen LogP contribution in [0, 0.1) is 0 Å². The maximum atomic E-state index is 10.4. The Kier molecular flexibility index (Phi) is 2.22. The lowest BCUT2D eigenvalue weighted by Crippen LogP contribution is -2.20. The molecule has 0 radical (unpaired) electrons. The number of nitrogen functional groups attached to an aromatic ring is 2. The SMILES string of the molecule is Nc1cc(N)c2ccc3c(c2c1)Nc1cncnc1N3O. The molecule has 2 heterocycles. The number of hydrogen-bond acceptors (Lipinski definition) is 7. The van der Waals surface area contributed by atoms with Gasteiger partial charge in [0.25, 0.3) is 0 Å². The number of rotatable bonds is 0. The minimum atomic E-state index is 0.397. The quantitative estimate of drug-likeness (QED) is 0.467. The summed E-state index contributed by atoms with van der Waals surface area (Å²) < 4.78 is 0. The first-order valence-corrected chi connectivity index (χ1v) is 6.33. The molecule has 1 aliphatic heterocycles. The van der Waals surface area contributed by atoms with E-state index >= 15 is 0 Å². The third-order valence-corrected chi connectivity index (χ3v) is 3.55. The van der Waals surface area contributed by atoms with Gasteiger partial charge in [0.2, 0.25) is 0 Å². The van der Waals surface area contributed by atoms with E-state index in [0.29, 0.717) is 28.6 Å². The second kappa shape index (κ2) is 3.97. The van der Waals surface area contributed by atoms with Crippen LogP contribution in [-0.4, -0.2) is 15.2 Å². The molecule has 0 amide bonds. The summed E-state index contributed by atoms with van der Waals surface area (Å²) in [6.45, 7) is 0. The molecule has 3 aromatic rings. The number of hydrogen-bond donors (Lipinski definition) is 4. The van der Waals surface area contributed by atoms with Crippen LogP contribution in [0.15, 0.2) is 36.8 Å². The van der Waals surface area contributed by atoms with E-state index in [1.165, 1.54) is 6.33 Å². The molecule has 7 heteroatoms. The second-order valence-electron chi connectivity index (χ2n) is 4.86. The van der Waals surface area contributed by atoms with E-state index in [-0.39, 0.29) is 0 Å². The minimum Gasteiger partial charge on any atom is -0.399 e. The predicted molar refractivity (Wildman–Crippen MR) is 82.0 cm³/mol. The Morgan fingerprint density at radius 1 is 1.14 bits per heavy atom. The summed E-state index contributed by atoms with van der Waals surface area (Å²) in [6, 6.07) is 7.16. The van der Waals surface area contributed by atoms with E-state index in [0.717, 1.165) is 21.5 Å². The van der Waals surface area contributed by atoms with Crippen LogP contribution in [0.5, 0.6) is 0 Å². The Hall–Kier alpha value is -3.06. The molecule has 0 aliphatic carbocycles. The van der Waals surface area contributed by atoms with Gasteiger partial charge in [-0.15, -0.1) is 0 Å². The van der Waals surface area contributed by atoms with E-state index in [1.54, 1.807) is 18.3 Å². The molecule has 1 aromatic heterocycles. The molecule has 4 rings (SSSR count). The minimum absolute atomic E-state index is 0.397. The zero-order valence-electron chi connectivity index (χ0n) is 10.9. The summed E-state index contributed by atoms with van der Waals surface area (Å²) in [4.78, 5) is 8.03. The van der Waals surface area contributed by atoms with Gasteiger partial charge in [0, 0.05) is 22.1 Å². The highest BCUT2D eigenvalue weighted by Crippen LogP contribution is 2.45. The van der Waals surface area contributed by atoms with Crippen molar-refractivity contribution in [3.63, 3.8) is 0 Å². The van der Waals surface area contributed by atoms with Crippen molar-refractivity contribution >= 4 is 45.0 Å². The number of benzene rings is 2. The maximum Gasteiger partial charge on any atom is 0.184 e. The van der Waals surface area contributed by atoms with Gasteiger partial charge in [0.1, 0.15) is 12.0 Å². The summed E-state index contributed by atoms with van der Waals surface area (Å²) in [5, 5.41) is 16.3. The molecule has 104 valence electrons. The molecule has 0 bridgehead atoms. The van der Waals surface area contributed by atoms with E-state index in [9.17, 15) is 5.21 Å². The molecule has 2 aromatic carbocycles. The van der Waals surface area contributed by atoms with Crippen molar-refractivity contribution in [1.29, 1.82) is 0 Å². The molecule has 0 unspecified atom stereocenters. The highest BCUT2D eigenvalue weighted by Gasteiger charge is 2.24. The number of nitrogens with zero attached hydrogens (tertiary/aromatic N) is 3. The summed E-state index contributed by atoms with van der Waals surface area (Å²) in [7, 11) is 0. The lowest BCUT2D eigenvalue weighted by atomic mass is 10.0. The van der Waals surface area contributed by atoms with Crippen LogP contribution in [0.3, 0.4) is 0 Å². The fourth-order valence-electron chi connectivity index (χ4n) is 2.61. The molecule has 1 aliphatic rings. The van der Waals surface area contributed by atoms with Crippen LogP contribution in [0.1, 0.15) is 0 Å². The van der Waals surface area contributed by atoms with Gasteiger partial charge in [-0.1, -0.05) is 0 Å². The smallest absolute Gasteiger partial charge is 0.184 e. The molecule has 0 fully saturated rings. The van der Waals surface area contributed by atoms with Crippen LogP contribution >= 0.6 is 0 Å². The van der Waals surface area contributed by atoms with Gasteiger partial charge in [0.05, 0.1) is 17.6 Å². The van der Waals surface area contributed by atoms with Crippen molar-refractivity contribution < 1.29 is 5.21 Å². The summed E-state index contributed by atoms with van der Waals surface area (Å²) >= 11 is 0. The number of fused-ring (bicyclic) bond motifs is 4. The molecule has 0 saturated carbocycles. The Bertz CT molecular complexity index is 879. The van der Waals surface area contributed by atoms with Crippen LogP contribution in [0.2, 0.25) is 0 Å². The number of aromatic nitrogens is 2.